The third-order valence-corrected chi connectivity index (χ3v) is 2.05. The molecule has 0 rings (SSSR count). The van der Waals surface area contributed by atoms with Gasteiger partial charge in [-0.1, -0.05) is 20.3 Å². The number of likely N-dealkylation sites (N-methyl/N-ethyl adjacent to an activating group) is 1. The van der Waals surface area contributed by atoms with Crippen LogP contribution in [0.2, 0.25) is 0 Å². The molecule has 10 heavy (non-hydrogen) atoms. The molecule has 2 atom stereocenters. The summed E-state index contributed by atoms with van der Waals surface area (Å²) in [6.07, 6.45) is 1.20. The second-order valence-corrected chi connectivity index (χ2v) is 2.74. The van der Waals surface area contributed by atoms with Gasteiger partial charge in [-0.3, -0.25) is 0 Å². The van der Waals surface area contributed by atoms with Crippen LogP contribution in [-0.2, 0) is 4.74 Å². The first-order chi connectivity index (χ1) is 4.76. The van der Waals surface area contributed by atoms with Crippen molar-refractivity contribution in [2.24, 2.45) is 5.92 Å². The van der Waals surface area contributed by atoms with Gasteiger partial charge in [0.15, 0.2) is 0 Å². The van der Waals surface area contributed by atoms with E-state index in [1.165, 1.54) is 6.42 Å². The normalized spacial score (nSPS) is 16.8. The Hall–Kier alpha value is -0.0800. The number of methoxy groups -OCH3 is 1. The molecule has 2 unspecified atom stereocenters. The standard InChI is InChI=1S/C8H19NO/c1-5-7(2)8(9-3)6-10-4/h7-9H,5-6H2,1-4H3. The minimum absolute atomic E-state index is 0.509. The molecule has 0 aliphatic rings. The van der Waals surface area contributed by atoms with Gasteiger partial charge < -0.3 is 10.1 Å². The summed E-state index contributed by atoms with van der Waals surface area (Å²) < 4.78 is 5.06. The van der Waals surface area contributed by atoms with Gasteiger partial charge in [0.25, 0.3) is 0 Å². The highest BCUT2D eigenvalue weighted by Crippen LogP contribution is 2.06. The molecule has 0 aromatic carbocycles. The molecule has 0 saturated carbocycles. The molecule has 1 N–H and O–H groups in total. The van der Waals surface area contributed by atoms with Gasteiger partial charge in [0.1, 0.15) is 0 Å². The Labute approximate surface area is 64.0 Å². The van der Waals surface area contributed by atoms with Gasteiger partial charge in [0.2, 0.25) is 0 Å². The molecule has 0 aliphatic carbocycles. The molecule has 0 bridgehead atoms. The Morgan fingerprint density at radius 3 is 2.40 bits per heavy atom. The molecule has 2 heteroatoms. The van der Waals surface area contributed by atoms with Gasteiger partial charge >= 0.3 is 0 Å². The van der Waals surface area contributed by atoms with E-state index in [1.807, 2.05) is 7.05 Å². The number of ether oxygens (including phenoxy) is 1. The van der Waals surface area contributed by atoms with E-state index in [-0.39, 0.29) is 0 Å². The van der Waals surface area contributed by atoms with Crippen molar-refractivity contribution in [1.29, 1.82) is 0 Å². The van der Waals surface area contributed by atoms with E-state index < -0.39 is 0 Å². The van der Waals surface area contributed by atoms with Gasteiger partial charge in [-0.15, -0.1) is 0 Å². The van der Waals surface area contributed by atoms with E-state index in [9.17, 15) is 0 Å². The lowest BCUT2D eigenvalue weighted by Gasteiger charge is -2.20. The molecule has 0 spiro atoms. The lowest BCUT2D eigenvalue weighted by atomic mass is 10.0. The summed E-state index contributed by atoms with van der Waals surface area (Å²) in [5.74, 6) is 0.699. The molecule has 0 aromatic rings. The Morgan fingerprint density at radius 1 is 1.50 bits per heavy atom. The third kappa shape index (κ3) is 3.18. The van der Waals surface area contributed by atoms with Crippen molar-refractivity contribution in [2.45, 2.75) is 26.3 Å². The summed E-state index contributed by atoms with van der Waals surface area (Å²) in [4.78, 5) is 0. The van der Waals surface area contributed by atoms with Crippen LogP contribution < -0.4 is 5.32 Å². The zero-order valence-corrected chi connectivity index (χ0v) is 7.48. The Morgan fingerprint density at radius 2 is 2.10 bits per heavy atom. The average Bonchev–Trinajstić information content (AvgIpc) is 1.99. The Kier molecular flexibility index (Phi) is 5.64. The number of rotatable bonds is 5. The fraction of sp³-hybridized carbons (Fsp3) is 1.00. The van der Waals surface area contributed by atoms with Crippen molar-refractivity contribution in [3.63, 3.8) is 0 Å². The Balaban J connectivity index is 3.56. The molecule has 0 saturated heterocycles. The van der Waals surface area contributed by atoms with Gasteiger partial charge in [-0.2, -0.15) is 0 Å². The molecule has 0 radical (unpaired) electrons. The highest BCUT2D eigenvalue weighted by Gasteiger charge is 2.11. The van der Waals surface area contributed by atoms with Gasteiger partial charge in [0, 0.05) is 13.2 Å². The fourth-order valence-corrected chi connectivity index (χ4v) is 0.996. The van der Waals surface area contributed by atoms with Crippen molar-refractivity contribution in [3.05, 3.63) is 0 Å². The second-order valence-electron chi connectivity index (χ2n) is 2.74. The first-order valence-corrected chi connectivity index (χ1v) is 3.92. The summed E-state index contributed by atoms with van der Waals surface area (Å²) in [5.41, 5.74) is 0. The minimum Gasteiger partial charge on any atom is -0.383 e. The summed E-state index contributed by atoms with van der Waals surface area (Å²) >= 11 is 0. The molecule has 0 amide bonds. The topological polar surface area (TPSA) is 21.3 Å². The molecule has 0 aromatic heterocycles. The third-order valence-electron chi connectivity index (χ3n) is 2.05. The molecular formula is C8H19NO. The van der Waals surface area contributed by atoms with Crippen molar-refractivity contribution in [2.75, 3.05) is 20.8 Å². The molecule has 0 heterocycles. The van der Waals surface area contributed by atoms with Crippen LogP contribution in [-0.4, -0.2) is 26.8 Å². The fourth-order valence-electron chi connectivity index (χ4n) is 0.996. The first kappa shape index (κ1) is 9.92. The smallest absolute Gasteiger partial charge is 0.0618 e. The van der Waals surface area contributed by atoms with Gasteiger partial charge in [-0.25, -0.2) is 0 Å². The Bertz CT molecular complexity index is 75.7. The molecule has 2 nitrogen and oxygen atoms in total. The molecular weight excluding hydrogens is 126 g/mol. The van der Waals surface area contributed by atoms with E-state index in [0.717, 1.165) is 6.61 Å². The van der Waals surface area contributed by atoms with Crippen molar-refractivity contribution >= 4 is 0 Å². The minimum atomic E-state index is 0.509. The zero-order valence-electron chi connectivity index (χ0n) is 7.48. The highest BCUT2D eigenvalue weighted by atomic mass is 16.5. The lowest BCUT2D eigenvalue weighted by Crippen LogP contribution is -2.35. The molecule has 0 fully saturated rings. The van der Waals surface area contributed by atoms with Crippen molar-refractivity contribution < 1.29 is 4.74 Å². The number of hydrogen-bond donors (Lipinski definition) is 1. The highest BCUT2D eigenvalue weighted by molar-refractivity contribution is 4.69. The van der Waals surface area contributed by atoms with Crippen LogP contribution in [0.4, 0.5) is 0 Å². The predicted molar refractivity (Wildman–Crippen MR) is 44.2 cm³/mol. The number of hydrogen-bond acceptors (Lipinski definition) is 2. The molecule has 0 aliphatic heterocycles. The summed E-state index contributed by atoms with van der Waals surface area (Å²) in [6.45, 7) is 5.25. The SMILES string of the molecule is CCC(C)C(COC)NC. The maximum atomic E-state index is 5.06. The van der Waals surface area contributed by atoms with Crippen molar-refractivity contribution in [1.82, 2.24) is 5.32 Å². The first-order valence-electron chi connectivity index (χ1n) is 3.92. The van der Waals surface area contributed by atoms with Crippen LogP contribution in [0.15, 0.2) is 0 Å². The lowest BCUT2D eigenvalue weighted by molar-refractivity contribution is 0.146. The second kappa shape index (κ2) is 5.69. The van der Waals surface area contributed by atoms with Crippen LogP contribution in [0.5, 0.6) is 0 Å². The summed E-state index contributed by atoms with van der Waals surface area (Å²) in [6, 6.07) is 0.509. The van der Waals surface area contributed by atoms with Crippen LogP contribution >= 0.6 is 0 Å². The summed E-state index contributed by atoms with van der Waals surface area (Å²) in [7, 11) is 3.72. The van der Waals surface area contributed by atoms with E-state index in [1.54, 1.807) is 7.11 Å². The van der Waals surface area contributed by atoms with E-state index >= 15 is 0 Å². The van der Waals surface area contributed by atoms with Crippen LogP contribution in [0.1, 0.15) is 20.3 Å². The van der Waals surface area contributed by atoms with Gasteiger partial charge in [0.05, 0.1) is 6.61 Å². The van der Waals surface area contributed by atoms with Crippen molar-refractivity contribution in [3.8, 4) is 0 Å². The van der Waals surface area contributed by atoms with E-state index in [0.29, 0.717) is 12.0 Å². The zero-order chi connectivity index (χ0) is 7.98. The van der Waals surface area contributed by atoms with Crippen LogP contribution in [0.25, 0.3) is 0 Å². The number of nitrogens with one attached hydrogen (secondary N) is 1. The van der Waals surface area contributed by atoms with Gasteiger partial charge in [-0.05, 0) is 13.0 Å². The predicted octanol–water partition coefficient (Wildman–Crippen LogP) is 1.27. The van der Waals surface area contributed by atoms with Crippen LogP contribution in [0, 0.1) is 5.92 Å². The quantitative estimate of drug-likeness (QED) is 0.629. The largest absolute Gasteiger partial charge is 0.383 e. The maximum Gasteiger partial charge on any atom is 0.0618 e. The van der Waals surface area contributed by atoms with E-state index in [4.69, 9.17) is 4.74 Å². The molecule has 62 valence electrons. The average molecular weight is 145 g/mol. The monoisotopic (exact) mass is 145 g/mol. The summed E-state index contributed by atoms with van der Waals surface area (Å²) in [5, 5.41) is 3.23. The maximum absolute atomic E-state index is 5.06. The van der Waals surface area contributed by atoms with E-state index in [2.05, 4.69) is 19.2 Å². The van der Waals surface area contributed by atoms with Crippen LogP contribution in [0.3, 0.4) is 0 Å².